The Hall–Kier alpha value is -0.320. The van der Waals surface area contributed by atoms with Crippen molar-refractivity contribution in [2.45, 2.75) is 31.9 Å². The Balaban J connectivity index is 1.95. The van der Waals surface area contributed by atoms with Crippen LogP contribution in [0.2, 0.25) is 10.0 Å². The standard InChI is InChI=1S/C15H22Cl2N2O/c1-2-5-19-6-7-20-15(10-19)14(18)8-11-3-4-12(16)9-13(11)17/h3-4,9,14-15H,2,5-8,10,18H2,1H3. The van der Waals surface area contributed by atoms with Gasteiger partial charge in [-0.25, -0.2) is 0 Å². The van der Waals surface area contributed by atoms with Crippen molar-refractivity contribution in [1.82, 2.24) is 4.90 Å². The summed E-state index contributed by atoms with van der Waals surface area (Å²) >= 11 is 12.1. The maximum Gasteiger partial charge on any atom is 0.0856 e. The van der Waals surface area contributed by atoms with E-state index in [9.17, 15) is 0 Å². The van der Waals surface area contributed by atoms with E-state index in [0.29, 0.717) is 16.5 Å². The Morgan fingerprint density at radius 3 is 2.95 bits per heavy atom. The van der Waals surface area contributed by atoms with Crippen LogP contribution in [0.1, 0.15) is 18.9 Å². The molecule has 0 bridgehead atoms. The molecule has 5 heteroatoms. The topological polar surface area (TPSA) is 38.5 Å². The molecule has 1 heterocycles. The van der Waals surface area contributed by atoms with Crippen molar-refractivity contribution in [3.63, 3.8) is 0 Å². The highest BCUT2D eigenvalue weighted by Crippen LogP contribution is 2.23. The number of nitrogens with zero attached hydrogens (tertiary/aromatic N) is 1. The van der Waals surface area contributed by atoms with Crippen LogP contribution in [-0.2, 0) is 11.2 Å². The predicted molar refractivity (Wildman–Crippen MR) is 84.6 cm³/mol. The molecule has 2 rings (SSSR count). The lowest BCUT2D eigenvalue weighted by Crippen LogP contribution is -2.51. The van der Waals surface area contributed by atoms with Crippen LogP contribution in [0.25, 0.3) is 0 Å². The van der Waals surface area contributed by atoms with Gasteiger partial charge in [0.05, 0.1) is 12.7 Å². The summed E-state index contributed by atoms with van der Waals surface area (Å²) in [6, 6.07) is 5.50. The van der Waals surface area contributed by atoms with Gasteiger partial charge in [-0.05, 0) is 37.1 Å². The first-order valence-electron chi connectivity index (χ1n) is 7.13. The number of nitrogens with two attached hydrogens (primary N) is 1. The Morgan fingerprint density at radius 1 is 1.45 bits per heavy atom. The third-order valence-electron chi connectivity index (χ3n) is 3.67. The summed E-state index contributed by atoms with van der Waals surface area (Å²) in [5.74, 6) is 0. The molecule has 1 aromatic carbocycles. The molecule has 1 aliphatic heterocycles. The third-order valence-corrected chi connectivity index (χ3v) is 4.25. The van der Waals surface area contributed by atoms with Crippen LogP contribution in [0.3, 0.4) is 0 Å². The molecule has 2 unspecified atom stereocenters. The monoisotopic (exact) mass is 316 g/mol. The van der Waals surface area contributed by atoms with E-state index in [2.05, 4.69) is 11.8 Å². The lowest BCUT2D eigenvalue weighted by molar-refractivity contribution is -0.0400. The molecule has 0 aromatic heterocycles. The van der Waals surface area contributed by atoms with Crippen molar-refractivity contribution in [2.75, 3.05) is 26.2 Å². The van der Waals surface area contributed by atoms with Gasteiger partial charge in [0.25, 0.3) is 0 Å². The second-order valence-electron chi connectivity index (χ2n) is 5.31. The highest BCUT2D eigenvalue weighted by Gasteiger charge is 2.26. The second kappa shape index (κ2) is 7.62. The average molecular weight is 317 g/mol. The Bertz CT molecular complexity index is 440. The molecule has 112 valence electrons. The molecule has 3 nitrogen and oxygen atoms in total. The van der Waals surface area contributed by atoms with Gasteiger partial charge in [0, 0.05) is 29.2 Å². The Labute approximate surface area is 131 Å². The van der Waals surface area contributed by atoms with E-state index in [1.807, 2.05) is 12.1 Å². The fourth-order valence-corrected chi connectivity index (χ4v) is 3.07. The van der Waals surface area contributed by atoms with Crippen LogP contribution in [0.15, 0.2) is 18.2 Å². The van der Waals surface area contributed by atoms with E-state index < -0.39 is 0 Å². The average Bonchev–Trinajstić information content (AvgIpc) is 2.42. The van der Waals surface area contributed by atoms with Gasteiger partial charge in [0.2, 0.25) is 0 Å². The van der Waals surface area contributed by atoms with Gasteiger partial charge in [-0.15, -0.1) is 0 Å². The van der Waals surface area contributed by atoms with Gasteiger partial charge in [-0.3, -0.25) is 4.90 Å². The number of hydrogen-bond acceptors (Lipinski definition) is 3. The first kappa shape index (κ1) is 16.1. The van der Waals surface area contributed by atoms with E-state index in [-0.39, 0.29) is 12.1 Å². The van der Waals surface area contributed by atoms with Crippen LogP contribution in [0.5, 0.6) is 0 Å². The normalized spacial score (nSPS) is 21.9. The first-order chi connectivity index (χ1) is 9.60. The number of hydrogen-bond donors (Lipinski definition) is 1. The maximum atomic E-state index is 6.30. The van der Waals surface area contributed by atoms with Gasteiger partial charge in [-0.1, -0.05) is 36.2 Å². The molecule has 2 atom stereocenters. The molecule has 0 aliphatic carbocycles. The summed E-state index contributed by atoms with van der Waals surface area (Å²) in [4.78, 5) is 2.41. The molecule has 1 aliphatic rings. The molecule has 0 radical (unpaired) electrons. The zero-order chi connectivity index (χ0) is 14.5. The number of rotatable bonds is 5. The largest absolute Gasteiger partial charge is 0.374 e. The lowest BCUT2D eigenvalue weighted by Gasteiger charge is -2.35. The minimum atomic E-state index is -0.0478. The number of benzene rings is 1. The highest BCUT2D eigenvalue weighted by molar-refractivity contribution is 6.35. The van der Waals surface area contributed by atoms with E-state index in [1.54, 1.807) is 6.07 Å². The molecular formula is C15H22Cl2N2O. The Morgan fingerprint density at radius 2 is 2.25 bits per heavy atom. The van der Waals surface area contributed by atoms with E-state index in [1.165, 1.54) is 0 Å². The summed E-state index contributed by atoms with van der Waals surface area (Å²) in [6.45, 7) is 5.96. The number of ether oxygens (including phenoxy) is 1. The molecule has 0 amide bonds. The van der Waals surface area contributed by atoms with Crippen molar-refractivity contribution in [2.24, 2.45) is 5.73 Å². The minimum absolute atomic E-state index is 0.0478. The maximum absolute atomic E-state index is 6.30. The van der Waals surface area contributed by atoms with Gasteiger partial charge < -0.3 is 10.5 Å². The van der Waals surface area contributed by atoms with E-state index in [0.717, 1.165) is 38.2 Å². The van der Waals surface area contributed by atoms with Crippen molar-refractivity contribution >= 4 is 23.2 Å². The molecule has 1 saturated heterocycles. The molecule has 20 heavy (non-hydrogen) atoms. The minimum Gasteiger partial charge on any atom is -0.374 e. The molecular weight excluding hydrogens is 295 g/mol. The van der Waals surface area contributed by atoms with Crippen molar-refractivity contribution in [3.05, 3.63) is 33.8 Å². The number of morpholine rings is 1. The van der Waals surface area contributed by atoms with Crippen LogP contribution in [-0.4, -0.2) is 43.3 Å². The van der Waals surface area contributed by atoms with Crippen LogP contribution in [0, 0.1) is 0 Å². The molecule has 1 aromatic rings. The van der Waals surface area contributed by atoms with Crippen molar-refractivity contribution < 1.29 is 4.74 Å². The smallest absolute Gasteiger partial charge is 0.0856 e. The summed E-state index contributed by atoms with van der Waals surface area (Å²) in [5, 5.41) is 1.32. The molecule has 0 spiro atoms. The van der Waals surface area contributed by atoms with E-state index in [4.69, 9.17) is 33.7 Å². The first-order valence-corrected chi connectivity index (χ1v) is 7.89. The highest BCUT2D eigenvalue weighted by atomic mass is 35.5. The molecule has 2 N–H and O–H groups in total. The zero-order valence-corrected chi connectivity index (χ0v) is 13.3. The second-order valence-corrected chi connectivity index (χ2v) is 6.16. The van der Waals surface area contributed by atoms with Crippen molar-refractivity contribution in [1.29, 1.82) is 0 Å². The van der Waals surface area contributed by atoms with Gasteiger partial charge in [-0.2, -0.15) is 0 Å². The third kappa shape index (κ3) is 4.34. The summed E-state index contributed by atoms with van der Waals surface area (Å²) in [7, 11) is 0. The van der Waals surface area contributed by atoms with Crippen LogP contribution >= 0.6 is 23.2 Å². The predicted octanol–water partition coefficient (Wildman–Crippen LogP) is 2.97. The molecule has 1 fully saturated rings. The fourth-order valence-electron chi connectivity index (χ4n) is 2.58. The quantitative estimate of drug-likeness (QED) is 0.907. The summed E-state index contributed by atoms with van der Waals surface area (Å²) < 4.78 is 5.82. The summed E-state index contributed by atoms with van der Waals surface area (Å²) in [6.07, 6.45) is 1.94. The van der Waals surface area contributed by atoms with Gasteiger partial charge >= 0.3 is 0 Å². The number of halogens is 2. The fraction of sp³-hybridized carbons (Fsp3) is 0.600. The van der Waals surface area contributed by atoms with Gasteiger partial charge in [0.15, 0.2) is 0 Å². The van der Waals surface area contributed by atoms with Crippen LogP contribution < -0.4 is 5.73 Å². The van der Waals surface area contributed by atoms with E-state index >= 15 is 0 Å². The molecule has 0 saturated carbocycles. The Kier molecular flexibility index (Phi) is 6.12. The van der Waals surface area contributed by atoms with Crippen molar-refractivity contribution in [3.8, 4) is 0 Å². The lowest BCUT2D eigenvalue weighted by atomic mass is 10.0. The zero-order valence-electron chi connectivity index (χ0n) is 11.8. The van der Waals surface area contributed by atoms with Gasteiger partial charge in [0.1, 0.15) is 0 Å². The summed E-state index contributed by atoms with van der Waals surface area (Å²) in [5.41, 5.74) is 7.33. The SMILES string of the molecule is CCCN1CCOC(C(N)Cc2ccc(Cl)cc2Cl)C1. The van der Waals surface area contributed by atoms with Crippen LogP contribution in [0.4, 0.5) is 0 Å².